The summed E-state index contributed by atoms with van der Waals surface area (Å²) in [6.07, 6.45) is 0. The van der Waals surface area contributed by atoms with Crippen LogP contribution in [-0.4, -0.2) is 35.3 Å². The van der Waals surface area contributed by atoms with Gasteiger partial charge in [0, 0.05) is 10.2 Å². The fourth-order valence-corrected chi connectivity index (χ4v) is 3.23. The van der Waals surface area contributed by atoms with E-state index in [1.54, 1.807) is 61.5 Å². The van der Waals surface area contributed by atoms with Crippen molar-refractivity contribution in [2.75, 3.05) is 11.9 Å². The van der Waals surface area contributed by atoms with Gasteiger partial charge in [-0.1, -0.05) is 46.3 Å². The second-order valence-corrected chi connectivity index (χ2v) is 7.24. The van der Waals surface area contributed by atoms with Crippen LogP contribution >= 0.6 is 15.9 Å². The van der Waals surface area contributed by atoms with Crippen LogP contribution in [0.4, 0.5) is 15.3 Å². The Kier molecular flexibility index (Phi) is 5.46. The first-order chi connectivity index (χ1) is 13.3. The molecule has 0 saturated carbocycles. The van der Waals surface area contributed by atoms with Crippen molar-refractivity contribution in [1.82, 2.24) is 15.5 Å². The topological polar surface area (TPSA) is 108 Å². The van der Waals surface area contributed by atoms with E-state index < -0.39 is 36.0 Å². The lowest BCUT2D eigenvalue weighted by atomic mass is 9.92. The molecule has 0 aliphatic carbocycles. The first kappa shape index (κ1) is 19.6. The van der Waals surface area contributed by atoms with Crippen molar-refractivity contribution >= 4 is 45.5 Å². The molecule has 0 radical (unpaired) electrons. The Labute approximate surface area is 169 Å². The van der Waals surface area contributed by atoms with E-state index in [1.807, 2.05) is 0 Å². The normalized spacial score (nSPS) is 18.6. The van der Waals surface area contributed by atoms with E-state index in [-0.39, 0.29) is 0 Å². The molecular formula is C19H17BrN4O4. The molecule has 28 heavy (non-hydrogen) atoms. The standard InChI is InChI=1S/C19H17BrN4O4/c1-19(12-6-5-7-13(20)10-12)16(26)24(18(28)23-19)11-15(25)22-17(27)21-14-8-3-2-4-9-14/h2-10H,11H2,1H3,(H,23,28)(H2,21,22,25,27). The highest BCUT2D eigenvalue weighted by molar-refractivity contribution is 9.10. The van der Waals surface area contributed by atoms with Crippen LogP contribution < -0.4 is 16.0 Å². The monoisotopic (exact) mass is 444 g/mol. The van der Waals surface area contributed by atoms with Crippen LogP contribution in [0, 0.1) is 0 Å². The lowest BCUT2D eigenvalue weighted by molar-refractivity contribution is -0.134. The number of anilines is 1. The van der Waals surface area contributed by atoms with Crippen LogP contribution in [0.5, 0.6) is 0 Å². The van der Waals surface area contributed by atoms with Crippen LogP contribution in [-0.2, 0) is 15.1 Å². The number of nitrogens with zero attached hydrogens (tertiary/aromatic N) is 1. The van der Waals surface area contributed by atoms with Gasteiger partial charge < -0.3 is 10.6 Å². The molecule has 0 spiro atoms. The van der Waals surface area contributed by atoms with Crippen LogP contribution in [0.1, 0.15) is 12.5 Å². The summed E-state index contributed by atoms with van der Waals surface area (Å²) in [5, 5.41) is 7.20. The van der Waals surface area contributed by atoms with Gasteiger partial charge in [0.2, 0.25) is 5.91 Å². The van der Waals surface area contributed by atoms with E-state index in [9.17, 15) is 19.2 Å². The minimum absolute atomic E-state index is 0.505. The molecule has 1 saturated heterocycles. The van der Waals surface area contributed by atoms with Gasteiger partial charge in [0.25, 0.3) is 5.91 Å². The number of carbonyl (C=O) groups is 4. The van der Waals surface area contributed by atoms with Crippen molar-refractivity contribution in [2.45, 2.75) is 12.5 Å². The van der Waals surface area contributed by atoms with Gasteiger partial charge in [-0.05, 0) is 36.8 Å². The number of halogens is 1. The average Bonchev–Trinajstić information content (AvgIpc) is 2.86. The summed E-state index contributed by atoms with van der Waals surface area (Å²) in [5.74, 6) is -1.36. The smallest absolute Gasteiger partial charge is 0.319 e. The number of hydrogen-bond donors (Lipinski definition) is 3. The third kappa shape index (κ3) is 4.04. The molecule has 1 unspecified atom stereocenters. The van der Waals surface area contributed by atoms with Gasteiger partial charge in [0.05, 0.1) is 0 Å². The highest BCUT2D eigenvalue weighted by Gasteiger charge is 2.49. The molecule has 144 valence electrons. The zero-order valence-electron chi connectivity index (χ0n) is 14.9. The third-order valence-corrected chi connectivity index (χ3v) is 4.76. The SMILES string of the molecule is CC1(c2cccc(Br)c2)NC(=O)N(CC(=O)NC(=O)Nc2ccccc2)C1=O. The van der Waals surface area contributed by atoms with Crippen molar-refractivity contribution in [3.8, 4) is 0 Å². The number of rotatable bonds is 4. The van der Waals surface area contributed by atoms with Gasteiger partial charge in [0.1, 0.15) is 12.1 Å². The maximum atomic E-state index is 12.8. The molecule has 2 aromatic carbocycles. The van der Waals surface area contributed by atoms with Crippen LogP contribution in [0.25, 0.3) is 0 Å². The number of imide groups is 2. The Bertz CT molecular complexity index is 950. The van der Waals surface area contributed by atoms with Gasteiger partial charge in [-0.15, -0.1) is 0 Å². The van der Waals surface area contributed by atoms with Gasteiger partial charge in [-0.25, -0.2) is 9.59 Å². The highest BCUT2D eigenvalue weighted by atomic mass is 79.9. The number of benzene rings is 2. The van der Waals surface area contributed by atoms with E-state index in [2.05, 4.69) is 31.9 Å². The van der Waals surface area contributed by atoms with Gasteiger partial charge in [-0.2, -0.15) is 0 Å². The molecule has 1 aliphatic heterocycles. The summed E-state index contributed by atoms with van der Waals surface area (Å²) in [6.45, 7) is 0.992. The minimum Gasteiger partial charge on any atom is -0.319 e. The molecule has 1 heterocycles. The Hall–Kier alpha value is -3.20. The summed E-state index contributed by atoms with van der Waals surface area (Å²) in [6, 6.07) is 14.1. The predicted octanol–water partition coefficient (Wildman–Crippen LogP) is 2.56. The maximum absolute atomic E-state index is 12.8. The second kappa shape index (κ2) is 7.81. The first-order valence-corrected chi connectivity index (χ1v) is 9.15. The Morgan fingerprint density at radius 1 is 1.11 bits per heavy atom. The highest BCUT2D eigenvalue weighted by Crippen LogP contribution is 2.30. The zero-order valence-corrected chi connectivity index (χ0v) is 16.4. The summed E-state index contributed by atoms with van der Waals surface area (Å²) in [5.41, 5.74) is -0.219. The zero-order chi connectivity index (χ0) is 20.3. The molecular weight excluding hydrogens is 428 g/mol. The molecule has 9 heteroatoms. The van der Waals surface area contributed by atoms with Crippen molar-refractivity contribution < 1.29 is 19.2 Å². The van der Waals surface area contributed by atoms with E-state index >= 15 is 0 Å². The molecule has 3 N–H and O–H groups in total. The lowest BCUT2D eigenvalue weighted by Crippen LogP contribution is -2.45. The second-order valence-electron chi connectivity index (χ2n) is 6.33. The van der Waals surface area contributed by atoms with Crippen molar-refractivity contribution in [2.24, 2.45) is 0 Å². The molecule has 1 fully saturated rings. The Morgan fingerprint density at radius 3 is 2.50 bits per heavy atom. The first-order valence-electron chi connectivity index (χ1n) is 8.35. The van der Waals surface area contributed by atoms with Crippen LogP contribution in [0.15, 0.2) is 59.1 Å². The summed E-state index contributed by atoms with van der Waals surface area (Å²) < 4.78 is 0.752. The molecule has 1 atom stereocenters. The number of carbonyl (C=O) groups excluding carboxylic acids is 4. The fourth-order valence-electron chi connectivity index (χ4n) is 2.83. The Morgan fingerprint density at radius 2 is 1.82 bits per heavy atom. The number of hydrogen-bond acceptors (Lipinski definition) is 4. The summed E-state index contributed by atoms with van der Waals surface area (Å²) in [7, 11) is 0. The van der Waals surface area contributed by atoms with E-state index in [0.29, 0.717) is 11.3 Å². The van der Waals surface area contributed by atoms with E-state index in [1.165, 1.54) is 0 Å². The van der Waals surface area contributed by atoms with Gasteiger partial charge in [0.15, 0.2) is 0 Å². The van der Waals surface area contributed by atoms with E-state index in [4.69, 9.17) is 0 Å². The molecule has 8 nitrogen and oxygen atoms in total. The molecule has 0 bridgehead atoms. The third-order valence-electron chi connectivity index (χ3n) is 4.26. The quantitative estimate of drug-likeness (QED) is 0.629. The molecule has 1 aliphatic rings. The molecule has 0 aromatic heterocycles. The maximum Gasteiger partial charge on any atom is 0.325 e. The van der Waals surface area contributed by atoms with E-state index in [0.717, 1.165) is 9.37 Å². The fraction of sp³-hybridized carbons (Fsp3) is 0.158. The van der Waals surface area contributed by atoms with Crippen LogP contribution in [0.3, 0.4) is 0 Å². The van der Waals surface area contributed by atoms with Crippen molar-refractivity contribution in [3.05, 3.63) is 64.6 Å². The number of amides is 6. The predicted molar refractivity (Wildman–Crippen MR) is 105 cm³/mol. The minimum atomic E-state index is -1.30. The Balaban J connectivity index is 1.65. The summed E-state index contributed by atoms with van der Waals surface area (Å²) >= 11 is 3.33. The van der Waals surface area contributed by atoms with Gasteiger partial charge >= 0.3 is 12.1 Å². The van der Waals surface area contributed by atoms with Gasteiger partial charge in [-0.3, -0.25) is 19.8 Å². The summed E-state index contributed by atoms with van der Waals surface area (Å²) in [4.78, 5) is 49.9. The lowest BCUT2D eigenvalue weighted by Gasteiger charge is -2.22. The number of para-hydroxylation sites is 1. The van der Waals surface area contributed by atoms with Crippen molar-refractivity contribution in [1.29, 1.82) is 0 Å². The average molecular weight is 445 g/mol. The molecule has 6 amide bonds. The van der Waals surface area contributed by atoms with Crippen molar-refractivity contribution in [3.63, 3.8) is 0 Å². The number of nitrogens with one attached hydrogen (secondary N) is 3. The van der Waals surface area contributed by atoms with Crippen LogP contribution in [0.2, 0.25) is 0 Å². The number of urea groups is 2. The largest absolute Gasteiger partial charge is 0.325 e. The molecule has 2 aromatic rings. The molecule has 3 rings (SSSR count).